The molecule has 1 aromatic rings. The number of benzene rings is 1. The van der Waals surface area contributed by atoms with Gasteiger partial charge in [-0.2, -0.15) is 13.2 Å². The minimum Gasteiger partial charge on any atom is -0.352 e. The number of piperidine rings is 2. The SMILES string of the molecule is O=C(NC1CCN(CCCCC2(C(=O)CNCC(F)(F)F)C3=C(CCC=C3)c3ccccc32)CC1)C1CCCCN1CC1CCCCC1. The topological polar surface area (TPSA) is 64.7 Å². The molecule has 6 rings (SSSR count). The summed E-state index contributed by atoms with van der Waals surface area (Å²) in [6, 6.07) is 8.23. The van der Waals surface area contributed by atoms with E-state index in [1.165, 1.54) is 44.1 Å². The molecule has 1 saturated carbocycles. The van der Waals surface area contributed by atoms with Gasteiger partial charge in [0.15, 0.2) is 5.78 Å². The lowest BCUT2D eigenvalue weighted by Crippen LogP contribution is -2.54. The summed E-state index contributed by atoms with van der Waals surface area (Å²) in [6.07, 6.45) is 15.7. The Balaban J connectivity index is 1.01. The fraction of sp³-hybridized carbons (Fsp3) is 0.692. The molecular weight excluding hydrogens is 613 g/mol. The van der Waals surface area contributed by atoms with Crippen LogP contribution in [0.4, 0.5) is 13.2 Å². The third-order valence-corrected chi connectivity index (χ3v) is 11.8. The largest absolute Gasteiger partial charge is 0.401 e. The van der Waals surface area contributed by atoms with Gasteiger partial charge in [-0.25, -0.2) is 0 Å². The molecule has 2 aliphatic heterocycles. The first kappa shape index (κ1) is 35.3. The number of carbonyl (C=O) groups is 2. The molecule has 2 heterocycles. The van der Waals surface area contributed by atoms with E-state index in [0.29, 0.717) is 6.42 Å². The zero-order chi connectivity index (χ0) is 33.6. The number of hydrogen-bond acceptors (Lipinski definition) is 5. The van der Waals surface area contributed by atoms with E-state index in [0.717, 1.165) is 107 Å². The third kappa shape index (κ3) is 8.27. The Kier molecular flexibility index (Phi) is 11.8. The summed E-state index contributed by atoms with van der Waals surface area (Å²) in [5, 5.41) is 5.82. The highest BCUT2D eigenvalue weighted by Crippen LogP contribution is 2.53. The van der Waals surface area contributed by atoms with E-state index in [1.807, 2.05) is 18.2 Å². The molecule has 6 nitrogen and oxygen atoms in total. The third-order valence-electron chi connectivity index (χ3n) is 11.8. The quantitative estimate of drug-likeness (QED) is 0.223. The van der Waals surface area contributed by atoms with Gasteiger partial charge < -0.3 is 15.5 Å². The number of unbranched alkanes of at least 4 members (excludes halogenated alkanes) is 1. The Labute approximate surface area is 285 Å². The Morgan fingerprint density at radius 3 is 2.48 bits per heavy atom. The van der Waals surface area contributed by atoms with Crippen LogP contribution in [-0.4, -0.2) is 85.6 Å². The van der Waals surface area contributed by atoms with Crippen molar-refractivity contribution in [2.75, 3.05) is 45.8 Å². The molecule has 2 saturated heterocycles. The summed E-state index contributed by atoms with van der Waals surface area (Å²) < 4.78 is 38.9. The number of nitrogens with one attached hydrogen (secondary N) is 2. The zero-order valence-corrected chi connectivity index (χ0v) is 28.6. The van der Waals surface area contributed by atoms with Crippen LogP contribution in [0.15, 0.2) is 42.0 Å². The number of likely N-dealkylation sites (tertiary alicyclic amines) is 2. The van der Waals surface area contributed by atoms with Gasteiger partial charge in [0.25, 0.3) is 0 Å². The number of fused-ring (bicyclic) bond motifs is 2. The molecule has 0 aromatic heterocycles. The van der Waals surface area contributed by atoms with Crippen LogP contribution in [0.2, 0.25) is 0 Å². The minimum atomic E-state index is -4.36. The molecule has 264 valence electrons. The molecule has 48 heavy (non-hydrogen) atoms. The number of hydrogen-bond donors (Lipinski definition) is 2. The van der Waals surface area contributed by atoms with Gasteiger partial charge in [-0.3, -0.25) is 14.5 Å². The van der Waals surface area contributed by atoms with Crippen LogP contribution in [0, 0.1) is 5.92 Å². The molecule has 2 unspecified atom stereocenters. The van der Waals surface area contributed by atoms with Gasteiger partial charge in [0, 0.05) is 25.7 Å². The summed E-state index contributed by atoms with van der Waals surface area (Å²) in [6.45, 7) is 3.43. The second-order valence-corrected chi connectivity index (χ2v) is 15.0. The summed E-state index contributed by atoms with van der Waals surface area (Å²) in [7, 11) is 0. The zero-order valence-electron chi connectivity index (χ0n) is 28.6. The fourth-order valence-electron chi connectivity index (χ4n) is 9.32. The Bertz CT molecular complexity index is 1330. The maximum absolute atomic E-state index is 14.0. The molecule has 5 aliphatic rings. The maximum Gasteiger partial charge on any atom is 0.401 e. The van der Waals surface area contributed by atoms with Crippen molar-refractivity contribution in [3.8, 4) is 0 Å². The van der Waals surface area contributed by atoms with Crippen LogP contribution in [0.5, 0.6) is 0 Å². The summed E-state index contributed by atoms with van der Waals surface area (Å²) in [5.74, 6) is 0.796. The molecule has 2 N–H and O–H groups in total. The van der Waals surface area contributed by atoms with Crippen LogP contribution < -0.4 is 10.6 Å². The van der Waals surface area contributed by atoms with Crippen LogP contribution in [0.1, 0.15) is 107 Å². The number of amides is 1. The maximum atomic E-state index is 14.0. The number of rotatable bonds is 13. The first-order chi connectivity index (χ1) is 23.2. The lowest BCUT2D eigenvalue weighted by Gasteiger charge is -2.39. The number of halogens is 3. The van der Waals surface area contributed by atoms with Crippen molar-refractivity contribution in [1.29, 1.82) is 0 Å². The molecule has 0 radical (unpaired) electrons. The van der Waals surface area contributed by atoms with Crippen LogP contribution >= 0.6 is 0 Å². The Hall–Kier alpha value is -2.49. The molecule has 2 atom stereocenters. The highest BCUT2D eigenvalue weighted by molar-refractivity contribution is 6.03. The van der Waals surface area contributed by atoms with Crippen molar-refractivity contribution in [3.63, 3.8) is 0 Å². The second-order valence-electron chi connectivity index (χ2n) is 15.0. The molecule has 0 spiro atoms. The van der Waals surface area contributed by atoms with E-state index in [9.17, 15) is 22.8 Å². The Morgan fingerprint density at radius 2 is 1.69 bits per heavy atom. The van der Waals surface area contributed by atoms with Crippen LogP contribution in [-0.2, 0) is 15.0 Å². The fourth-order valence-corrected chi connectivity index (χ4v) is 9.32. The molecule has 1 amide bonds. The molecular formula is C39H55F3N4O2. The van der Waals surface area contributed by atoms with Crippen molar-refractivity contribution in [1.82, 2.24) is 20.4 Å². The average molecular weight is 669 g/mol. The number of nitrogens with zero attached hydrogens (tertiary/aromatic N) is 2. The van der Waals surface area contributed by atoms with E-state index < -0.39 is 18.1 Å². The number of carbonyl (C=O) groups excluding carboxylic acids is 2. The second kappa shape index (κ2) is 16.0. The van der Waals surface area contributed by atoms with Crippen LogP contribution in [0.25, 0.3) is 5.57 Å². The van der Waals surface area contributed by atoms with Crippen molar-refractivity contribution in [2.45, 2.75) is 120 Å². The normalized spacial score (nSPS) is 26.0. The van der Waals surface area contributed by atoms with E-state index >= 15 is 0 Å². The summed E-state index contributed by atoms with van der Waals surface area (Å²) in [5.41, 5.74) is 3.28. The average Bonchev–Trinajstić information content (AvgIpc) is 3.38. The van der Waals surface area contributed by atoms with Gasteiger partial charge >= 0.3 is 6.18 Å². The van der Waals surface area contributed by atoms with Gasteiger partial charge in [-0.05, 0) is 105 Å². The first-order valence-electron chi connectivity index (χ1n) is 18.8. The number of alkyl halides is 3. The molecule has 3 aliphatic carbocycles. The number of ketones is 1. The van der Waals surface area contributed by atoms with Gasteiger partial charge in [-0.15, -0.1) is 0 Å². The van der Waals surface area contributed by atoms with Gasteiger partial charge in [0.1, 0.15) is 0 Å². The van der Waals surface area contributed by atoms with Gasteiger partial charge in [0.05, 0.1) is 24.5 Å². The van der Waals surface area contributed by atoms with Crippen molar-refractivity contribution in [3.05, 3.63) is 53.1 Å². The van der Waals surface area contributed by atoms with E-state index in [1.54, 1.807) is 0 Å². The monoisotopic (exact) mass is 668 g/mol. The molecule has 9 heteroatoms. The number of allylic oxidation sites excluding steroid dienone is 4. The smallest absolute Gasteiger partial charge is 0.352 e. The predicted molar refractivity (Wildman–Crippen MR) is 185 cm³/mol. The van der Waals surface area contributed by atoms with Gasteiger partial charge in [-0.1, -0.05) is 68.5 Å². The molecule has 0 bridgehead atoms. The van der Waals surface area contributed by atoms with E-state index in [4.69, 9.17) is 0 Å². The first-order valence-corrected chi connectivity index (χ1v) is 18.8. The number of Topliss-reactive ketones (excluding diaryl/α,β-unsaturated/α-hetero) is 1. The van der Waals surface area contributed by atoms with E-state index in [-0.39, 0.29) is 30.3 Å². The highest BCUT2D eigenvalue weighted by Gasteiger charge is 2.49. The van der Waals surface area contributed by atoms with Crippen molar-refractivity contribution >= 4 is 17.3 Å². The lowest BCUT2D eigenvalue weighted by atomic mass is 9.69. The summed E-state index contributed by atoms with van der Waals surface area (Å²) in [4.78, 5) is 32.4. The van der Waals surface area contributed by atoms with Crippen molar-refractivity contribution < 1.29 is 22.8 Å². The minimum absolute atomic E-state index is 0.0211. The standard InChI is InChI=1S/C39H55F3N4O2/c40-39(41,42)28-43-26-36(47)38(33-16-6-4-14-31(33)32-15-5-7-17-34(32)38)21-9-11-22-45-24-19-30(20-25-45)44-37(48)35-18-8-10-23-46(35)27-29-12-2-1-3-13-29/h4,6-7,14,16-17,29-30,35,43H,1-3,5,8-13,15,18-28H2,(H,44,48). The molecule has 1 aromatic carbocycles. The van der Waals surface area contributed by atoms with Gasteiger partial charge in [0.2, 0.25) is 5.91 Å². The highest BCUT2D eigenvalue weighted by atomic mass is 19.4. The summed E-state index contributed by atoms with van der Waals surface area (Å²) >= 11 is 0. The lowest BCUT2D eigenvalue weighted by molar-refractivity contribution is -0.130. The predicted octanol–water partition coefficient (Wildman–Crippen LogP) is 6.95. The molecule has 3 fully saturated rings. The van der Waals surface area contributed by atoms with Crippen LogP contribution in [0.3, 0.4) is 0 Å². The van der Waals surface area contributed by atoms with E-state index in [2.05, 4.69) is 38.7 Å². The Morgan fingerprint density at radius 1 is 0.917 bits per heavy atom. The van der Waals surface area contributed by atoms with Crippen molar-refractivity contribution in [2.24, 2.45) is 5.92 Å².